The zero-order valence-corrected chi connectivity index (χ0v) is 9.97. The van der Waals surface area contributed by atoms with Gasteiger partial charge >= 0.3 is 5.97 Å². The fraction of sp³-hybridized carbons (Fsp3) is 0.333. The summed E-state index contributed by atoms with van der Waals surface area (Å²) in [6, 6.07) is 1.61. The molecule has 0 spiro atoms. The number of pyridine rings is 1. The highest BCUT2D eigenvalue weighted by molar-refractivity contribution is 5.88. The minimum Gasteiger partial charge on any atom is -0.478 e. The number of aryl methyl sites for hydroxylation is 1. The second-order valence-electron chi connectivity index (χ2n) is 3.98. The molecule has 5 nitrogen and oxygen atoms in total. The number of nitrogens with zero attached hydrogens (tertiary/aromatic N) is 2. The maximum Gasteiger partial charge on any atom is 0.337 e. The van der Waals surface area contributed by atoms with Gasteiger partial charge in [0.15, 0.2) is 0 Å². The highest BCUT2D eigenvalue weighted by Crippen LogP contribution is 2.22. The third-order valence-electron chi connectivity index (χ3n) is 2.74. The molecule has 0 saturated carbocycles. The van der Waals surface area contributed by atoms with Gasteiger partial charge in [0.05, 0.1) is 17.4 Å². The van der Waals surface area contributed by atoms with E-state index in [9.17, 15) is 4.79 Å². The van der Waals surface area contributed by atoms with E-state index in [0.29, 0.717) is 0 Å². The Kier molecular flexibility index (Phi) is 2.85. The molecule has 2 heterocycles. The average Bonchev–Trinajstić information content (AvgIpc) is 2.66. The summed E-state index contributed by atoms with van der Waals surface area (Å²) in [6.07, 6.45) is 3.16. The van der Waals surface area contributed by atoms with Crippen LogP contribution >= 0.6 is 0 Å². The van der Waals surface area contributed by atoms with Gasteiger partial charge in [-0.25, -0.2) is 9.78 Å². The Balaban J connectivity index is 2.72. The first kappa shape index (κ1) is 11.6. The van der Waals surface area contributed by atoms with E-state index in [0.717, 1.165) is 16.9 Å². The van der Waals surface area contributed by atoms with Gasteiger partial charge in [-0.3, -0.25) is 0 Å². The molecule has 2 aromatic heterocycles. The SMILES string of the molecule is COC(C)c1cc(C(=O)O)cn2cc(C)nc12. The van der Waals surface area contributed by atoms with Crippen molar-refractivity contribution in [2.75, 3.05) is 7.11 Å². The molecule has 0 radical (unpaired) electrons. The van der Waals surface area contributed by atoms with E-state index < -0.39 is 5.97 Å². The lowest BCUT2D eigenvalue weighted by atomic mass is 10.1. The highest BCUT2D eigenvalue weighted by Gasteiger charge is 2.15. The molecule has 0 aliphatic rings. The number of fused-ring (bicyclic) bond motifs is 1. The topological polar surface area (TPSA) is 63.8 Å². The number of imidazole rings is 1. The number of hydrogen-bond donors (Lipinski definition) is 1. The quantitative estimate of drug-likeness (QED) is 0.882. The second kappa shape index (κ2) is 4.18. The lowest BCUT2D eigenvalue weighted by molar-refractivity contribution is 0.0695. The molecule has 17 heavy (non-hydrogen) atoms. The number of ether oxygens (including phenoxy) is 1. The number of aromatic nitrogens is 2. The fourth-order valence-electron chi connectivity index (χ4n) is 1.79. The minimum absolute atomic E-state index is 0.196. The largest absolute Gasteiger partial charge is 0.478 e. The lowest BCUT2D eigenvalue weighted by Crippen LogP contribution is -2.05. The molecule has 0 aliphatic heterocycles. The van der Waals surface area contributed by atoms with Crippen LogP contribution in [-0.2, 0) is 4.74 Å². The van der Waals surface area contributed by atoms with Crippen LogP contribution in [0.4, 0.5) is 0 Å². The van der Waals surface area contributed by atoms with Crippen LogP contribution in [0.2, 0.25) is 0 Å². The summed E-state index contributed by atoms with van der Waals surface area (Å²) in [5.41, 5.74) is 2.59. The maximum atomic E-state index is 11.0. The summed E-state index contributed by atoms with van der Waals surface area (Å²) in [7, 11) is 1.59. The molecule has 1 unspecified atom stereocenters. The first-order chi connectivity index (χ1) is 8.02. The number of carbonyl (C=O) groups is 1. The summed E-state index contributed by atoms with van der Waals surface area (Å²) in [5.74, 6) is -0.956. The van der Waals surface area contributed by atoms with E-state index in [2.05, 4.69) is 4.98 Å². The fourth-order valence-corrected chi connectivity index (χ4v) is 1.79. The monoisotopic (exact) mass is 234 g/mol. The second-order valence-corrected chi connectivity index (χ2v) is 3.98. The number of carboxylic acids is 1. The Labute approximate surface area is 98.7 Å². The predicted molar refractivity (Wildman–Crippen MR) is 62.3 cm³/mol. The van der Waals surface area contributed by atoms with Crippen LogP contribution in [0.15, 0.2) is 18.5 Å². The van der Waals surface area contributed by atoms with E-state index in [4.69, 9.17) is 9.84 Å². The standard InChI is InChI=1S/C12H14N2O3/c1-7-5-14-6-9(12(15)16)4-10(8(2)17-3)11(14)13-7/h4-6,8H,1-3H3,(H,15,16). The van der Waals surface area contributed by atoms with Gasteiger partial charge in [-0.2, -0.15) is 0 Å². The van der Waals surface area contributed by atoms with E-state index in [1.54, 1.807) is 30.0 Å². The number of carboxylic acid groups (broad SMARTS) is 1. The summed E-state index contributed by atoms with van der Waals surface area (Å²) in [5, 5.41) is 9.06. The first-order valence-electron chi connectivity index (χ1n) is 5.28. The van der Waals surface area contributed by atoms with Crippen molar-refractivity contribution in [3.8, 4) is 0 Å². The molecular weight excluding hydrogens is 220 g/mol. The summed E-state index contributed by atoms with van der Waals surface area (Å²) in [4.78, 5) is 15.4. The van der Waals surface area contributed by atoms with Gasteiger partial charge in [-0.1, -0.05) is 0 Å². The van der Waals surface area contributed by atoms with Crippen molar-refractivity contribution in [2.45, 2.75) is 20.0 Å². The molecule has 0 bridgehead atoms. The zero-order chi connectivity index (χ0) is 12.6. The Bertz CT molecular complexity index is 574. The number of methoxy groups -OCH3 is 1. The van der Waals surface area contributed by atoms with Crippen molar-refractivity contribution in [3.05, 3.63) is 35.3 Å². The van der Waals surface area contributed by atoms with E-state index in [1.165, 1.54) is 0 Å². The Morgan fingerprint density at radius 3 is 2.82 bits per heavy atom. The van der Waals surface area contributed by atoms with Gasteiger partial charge in [0.2, 0.25) is 0 Å². The van der Waals surface area contributed by atoms with Crippen LogP contribution < -0.4 is 0 Å². The van der Waals surface area contributed by atoms with Gasteiger partial charge in [0, 0.05) is 25.1 Å². The molecule has 2 rings (SSSR count). The van der Waals surface area contributed by atoms with Crippen LogP contribution in [0, 0.1) is 6.92 Å². The molecule has 90 valence electrons. The number of aromatic carboxylic acids is 1. The van der Waals surface area contributed by atoms with Gasteiger partial charge in [-0.05, 0) is 19.9 Å². The van der Waals surface area contributed by atoms with Crippen LogP contribution in [-0.4, -0.2) is 27.6 Å². The zero-order valence-electron chi connectivity index (χ0n) is 9.97. The van der Waals surface area contributed by atoms with Gasteiger partial charge in [-0.15, -0.1) is 0 Å². The molecule has 1 atom stereocenters. The first-order valence-corrected chi connectivity index (χ1v) is 5.28. The van der Waals surface area contributed by atoms with Crippen molar-refractivity contribution in [1.82, 2.24) is 9.38 Å². The van der Waals surface area contributed by atoms with Crippen molar-refractivity contribution in [2.24, 2.45) is 0 Å². The highest BCUT2D eigenvalue weighted by atomic mass is 16.5. The molecule has 2 aromatic rings. The molecule has 1 N–H and O–H groups in total. The molecule has 0 aliphatic carbocycles. The normalized spacial score (nSPS) is 12.9. The van der Waals surface area contributed by atoms with Crippen LogP contribution in [0.25, 0.3) is 5.65 Å². The summed E-state index contributed by atoms with van der Waals surface area (Å²) in [6.45, 7) is 3.74. The number of rotatable bonds is 3. The summed E-state index contributed by atoms with van der Waals surface area (Å²) >= 11 is 0. The Morgan fingerprint density at radius 2 is 2.24 bits per heavy atom. The smallest absolute Gasteiger partial charge is 0.337 e. The van der Waals surface area contributed by atoms with Crippen molar-refractivity contribution in [1.29, 1.82) is 0 Å². The third kappa shape index (κ3) is 2.01. The Hall–Kier alpha value is -1.88. The van der Waals surface area contributed by atoms with Gasteiger partial charge < -0.3 is 14.2 Å². The minimum atomic E-state index is -0.956. The van der Waals surface area contributed by atoms with E-state index in [1.807, 2.05) is 13.8 Å². The van der Waals surface area contributed by atoms with E-state index in [-0.39, 0.29) is 11.7 Å². The lowest BCUT2D eigenvalue weighted by Gasteiger charge is -2.11. The average molecular weight is 234 g/mol. The Morgan fingerprint density at radius 1 is 1.53 bits per heavy atom. The van der Waals surface area contributed by atoms with Gasteiger partial charge in [0.1, 0.15) is 5.65 Å². The molecule has 0 saturated heterocycles. The van der Waals surface area contributed by atoms with Crippen LogP contribution in [0.1, 0.15) is 34.6 Å². The van der Waals surface area contributed by atoms with Crippen molar-refractivity contribution in [3.63, 3.8) is 0 Å². The van der Waals surface area contributed by atoms with Crippen LogP contribution in [0.5, 0.6) is 0 Å². The van der Waals surface area contributed by atoms with Crippen LogP contribution in [0.3, 0.4) is 0 Å². The molecular formula is C12H14N2O3. The molecule has 0 amide bonds. The molecule has 0 fully saturated rings. The number of hydrogen-bond acceptors (Lipinski definition) is 3. The van der Waals surface area contributed by atoms with Crippen molar-refractivity contribution >= 4 is 11.6 Å². The van der Waals surface area contributed by atoms with Crippen molar-refractivity contribution < 1.29 is 14.6 Å². The third-order valence-corrected chi connectivity index (χ3v) is 2.74. The predicted octanol–water partition coefficient (Wildman–Crippen LogP) is 2.05. The van der Waals surface area contributed by atoms with Gasteiger partial charge in [0.25, 0.3) is 0 Å². The van der Waals surface area contributed by atoms with E-state index >= 15 is 0 Å². The molecule has 5 heteroatoms. The summed E-state index contributed by atoms with van der Waals surface area (Å²) < 4.78 is 6.97. The maximum absolute atomic E-state index is 11.0. The molecule has 0 aromatic carbocycles.